The van der Waals surface area contributed by atoms with Crippen LogP contribution in [0.1, 0.15) is 76.3 Å². The van der Waals surface area contributed by atoms with E-state index < -0.39 is 0 Å². The number of pyridine rings is 1. The van der Waals surface area contributed by atoms with Gasteiger partial charge in [-0.05, 0) is 68.4 Å². The van der Waals surface area contributed by atoms with Gasteiger partial charge < -0.3 is 9.30 Å². The van der Waals surface area contributed by atoms with Crippen LogP contribution in [-0.4, -0.2) is 19.3 Å². The fraction of sp³-hybridized carbons (Fsp3) is 0.208. The molecule has 272 valence electrons. The first-order valence-electron chi connectivity index (χ1n) is 18.2. The maximum atomic E-state index is 6.71. The van der Waals surface area contributed by atoms with Gasteiger partial charge in [0.25, 0.3) is 0 Å². The second kappa shape index (κ2) is 14.2. The molecule has 0 fully saturated rings. The number of hydrogen-bond acceptors (Lipinski definition) is 3. The molecule has 0 radical (unpaired) electrons. The number of ether oxygens (including phenoxy) is 1. The number of benzene rings is 5. The van der Waals surface area contributed by atoms with Crippen LogP contribution in [0.4, 0.5) is 0 Å². The van der Waals surface area contributed by atoms with Gasteiger partial charge in [0, 0.05) is 41.0 Å². The van der Waals surface area contributed by atoms with Gasteiger partial charge in [0.05, 0.1) is 0 Å². The van der Waals surface area contributed by atoms with Crippen LogP contribution in [-0.2, 0) is 37.3 Å². The molecule has 0 bridgehead atoms. The second-order valence-electron chi connectivity index (χ2n) is 16.0. The molecule has 5 nitrogen and oxygen atoms in total. The summed E-state index contributed by atoms with van der Waals surface area (Å²) in [5.41, 5.74) is 8.27. The van der Waals surface area contributed by atoms with Crippen LogP contribution >= 0.6 is 0 Å². The van der Waals surface area contributed by atoms with E-state index in [1.54, 1.807) is 6.20 Å². The van der Waals surface area contributed by atoms with Crippen molar-refractivity contribution in [2.75, 3.05) is 0 Å². The molecule has 0 saturated carbocycles. The minimum absolute atomic E-state index is 0. The molecular formula is C48H44N4OPt. The van der Waals surface area contributed by atoms with Crippen molar-refractivity contribution in [3.05, 3.63) is 180 Å². The largest absolute Gasteiger partial charge is 2.00 e. The molecule has 8 rings (SSSR count). The molecule has 8 aromatic rings. The van der Waals surface area contributed by atoms with E-state index >= 15 is 0 Å². The predicted octanol–water partition coefficient (Wildman–Crippen LogP) is 11.7. The average Bonchev–Trinajstić information content (AvgIpc) is 3.82. The van der Waals surface area contributed by atoms with Gasteiger partial charge in [-0.15, -0.1) is 41.3 Å². The van der Waals surface area contributed by atoms with E-state index in [4.69, 9.17) is 9.72 Å². The summed E-state index contributed by atoms with van der Waals surface area (Å²) in [4.78, 5) is 4.92. The van der Waals surface area contributed by atoms with Crippen molar-refractivity contribution in [1.82, 2.24) is 19.3 Å². The smallest absolute Gasteiger partial charge is 0.509 e. The van der Waals surface area contributed by atoms with Crippen molar-refractivity contribution in [2.45, 2.75) is 64.7 Å². The van der Waals surface area contributed by atoms with E-state index in [-0.39, 0.29) is 37.3 Å². The van der Waals surface area contributed by atoms with Crippen LogP contribution in [0.25, 0.3) is 33.3 Å². The summed E-state index contributed by atoms with van der Waals surface area (Å²) in [6, 6.07) is 49.8. The summed E-state index contributed by atoms with van der Waals surface area (Å²) in [7, 11) is 0. The van der Waals surface area contributed by atoms with Gasteiger partial charge in [-0.1, -0.05) is 127 Å². The van der Waals surface area contributed by atoms with Crippen molar-refractivity contribution in [2.24, 2.45) is 0 Å². The number of aromatic nitrogens is 4. The standard InChI is InChI=1S/C48H44N4O.Pt/c1-46(2,3)35-23-25-49-45(30-35)52-43-22-19-36(47(4,5)33-15-10-8-11-16-33)29-42(43)41-21-20-39(32-44(41)52)53-40-28-37(27-38(31-40)51-26-14-24-50-51)48(6,7)34-17-12-9-13-18-34;/h8-30H,1-7H3;/q-2;+2. The molecule has 6 heteroatoms. The first kappa shape index (κ1) is 37.1. The first-order valence-corrected chi connectivity index (χ1v) is 18.2. The van der Waals surface area contributed by atoms with Crippen LogP contribution in [0.3, 0.4) is 0 Å². The van der Waals surface area contributed by atoms with Crippen LogP contribution in [0.15, 0.2) is 140 Å². The summed E-state index contributed by atoms with van der Waals surface area (Å²) >= 11 is 0. The summed E-state index contributed by atoms with van der Waals surface area (Å²) in [6.45, 7) is 15.7. The molecule has 0 saturated heterocycles. The van der Waals surface area contributed by atoms with Crippen LogP contribution < -0.4 is 4.74 Å². The molecule has 0 atom stereocenters. The summed E-state index contributed by atoms with van der Waals surface area (Å²) in [5.74, 6) is 2.03. The molecular weight excluding hydrogens is 844 g/mol. The Bertz CT molecular complexity index is 2560. The van der Waals surface area contributed by atoms with Crippen molar-refractivity contribution < 1.29 is 25.8 Å². The number of nitrogens with zero attached hydrogens (tertiary/aromatic N) is 4. The Balaban J connectivity index is 0.00000450. The first-order chi connectivity index (χ1) is 25.4. The molecule has 0 spiro atoms. The predicted molar refractivity (Wildman–Crippen MR) is 216 cm³/mol. The molecule has 0 aliphatic carbocycles. The third kappa shape index (κ3) is 6.82. The molecule has 0 unspecified atom stereocenters. The zero-order chi connectivity index (χ0) is 37.0. The van der Waals surface area contributed by atoms with Gasteiger partial charge in [-0.2, -0.15) is 11.2 Å². The van der Waals surface area contributed by atoms with E-state index in [2.05, 4.69) is 173 Å². The van der Waals surface area contributed by atoms with Crippen LogP contribution in [0.5, 0.6) is 11.5 Å². The van der Waals surface area contributed by atoms with Crippen LogP contribution in [0.2, 0.25) is 0 Å². The normalized spacial score (nSPS) is 12.2. The Labute approximate surface area is 332 Å². The maximum absolute atomic E-state index is 6.71. The van der Waals surface area contributed by atoms with E-state index in [0.717, 1.165) is 38.9 Å². The quantitative estimate of drug-likeness (QED) is 0.143. The molecule has 0 aliphatic rings. The number of rotatable bonds is 8. The zero-order valence-corrected chi connectivity index (χ0v) is 34.1. The Hall–Kier alpha value is -5.25. The van der Waals surface area contributed by atoms with Crippen LogP contribution in [0, 0.1) is 12.1 Å². The minimum atomic E-state index is -0.300. The van der Waals surface area contributed by atoms with E-state index in [1.807, 2.05) is 35.3 Å². The maximum Gasteiger partial charge on any atom is 2.00 e. The van der Waals surface area contributed by atoms with Crippen molar-refractivity contribution in [1.29, 1.82) is 0 Å². The number of hydrogen-bond donors (Lipinski definition) is 0. The third-order valence-electron chi connectivity index (χ3n) is 10.7. The van der Waals surface area contributed by atoms with Gasteiger partial charge in [-0.25, -0.2) is 4.98 Å². The second-order valence-corrected chi connectivity index (χ2v) is 16.0. The SMILES string of the molecule is CC(C)(C)c1ccnc(-n2c3[c-]c(Oc4[c-]c(-n5cccn5)cc(C(C)(C)c5ccccc5)c4)ccc3c3cc(C(C)(C)c4ccccc4)ccc32)c1.[Pt+2]. The van der Waals surface area contributed by atoms with Gasteiger partial charge in [0.2, 0.25) is 0 Å². The van der Waals surface area contributed by atoms with Crippen molar-refractivity contribution in [3.63, 3.8) is 0 Å². The molecule has 0 amide bonds. The van der Waals surface area contributed by atoms with Crippen molar-refractivity contribution >= 4 is 21.8 Å². The van der Waals surface area contributed by atoms with E-state index in [1.165, 1.54) is 22.3 Å². The fourth-order valence-corrected chi connectivity index (χ4v) is 7.26. The molecule has 3 heterocycles. The topological polar surface area (TPSA) is 44.9 Å². The summed E-state index contributed by atoms with van der Waals surface area (Å²) < 4.78 is 10.8. The molecule has 0 N–H and O–H groups in total. The Kier molecular flexibility index (Phi) is 9.74. The third-order valence-corrected chi connectivity index (χ3v) is 10.7. The molecule has 0 aliphatic heterocycles. The summed E-state index contributed by atoms with van der Waals surface area (Å²) in [5, 5.41) is 6.75. The minimum Gasteiger partial charge on any atom is -0.509 e. The number of fused-ring (bicyclic) bond motifs is 3. The fourth-order valence-electron chi connectivity index (χ4n) is 7.26. The van der Waals surface area contributed by atoms with Gasteiger partial charge in [-0.3, -0.25) is 4.68 Å². The van der Waals surface area contributed by atoms with E-state index in [9.17, 15) is 0 Å². The molecule has 54 heavy (non-hydrogen) atoms. The monoisotopic (exact) mass is 887 g/mol. The average molecular weight is 888 g/mol. The van der Waals surface area contributed by atoms with Gasteiger partial charge >= 0.3 is 21.1 Å². The van der Waals surface area contributed by atoms with Crippen molar-refractivity contribution in [3.8, 4) is 23.0 Å². The Morgan fingerprint density at radius 1 is 0.556 bits per heavy atom. The summed E-state index contributed by atoms with van der Waals surface area (Å²) in [6.07, 6.45) is 5.61. The molecule has 5 aromatic carbocycles. The van der Waals surface area contributed by atoms with Gasteiger partial charge in [0.1, 0.15) is 5.82 Å². The van der Waals surface area contributed by atoms with Gasteiger partial charge in [0.15, 0.2) is 0 Å². The zero-order valence-electron chi connectivity index (χ0n) is 31.8. The Morgan fingerprint density at radius 2 is 1.24 bits per heavy atom. The van der Waals surface area contributed by atoms with E-state index in [0.29, 0.717) is 11.5 Å². The molecule has 3 aromatic heterocycles. The Morgan fingerprint density at radius 3 is 1.89 bits per heavy atom.